The maximum atomic E-state index is 5.99. The molecule has 1 aromatic carbocycles. The summed E-state index contributed by atoms with van der Waals surface area (Å²) in [7, 11) is 1.66. The number of rotatable bonds is 5. The number of ether oxygens (including phenoxy) is 1. The van der Waals surface area contributed by atoms with Crippen molar-refractivity contribution in [2.75, 3.05) is 13.7 Å². The Balaban J connectivity index is 2.64. The van der Waals surface area contributed by atoms with E-state index in [-0.39, 0.29) is 6.04 Å². The van der Waals surface area contributed by atoms with Gasteiger partial charge in [0.05, 0.1) is 7.11 Å². The van der Waals surface area contributed by atoms with E-state index in [2.05, 4.69) is 0 Å². The van der Waals surface area contributed by atoms with Crippen LogP contribution in [0.25, 0.3) is 0 Å². The zero-order chi connectivity index (χ0) is 10.4. The molecule has 14 heavy (non-hydrogen) atoms. The predicted octanol–water partition coefficient (Wildman–Crippen LogP) is 1.43. The van der Waals surface area contributed by atoms with Crippen LogP contribution in [-0.2, 0) is 0 Å². The predicted molar refractivity (Wildman–Crippen MR) is 58.2 cm³/mol. The monoisotopic (exact) mass is 194 g/mol. The first-order chi connectivity index (χ1) is 6.77. The molecule has 0 radical (unpaired) electrons. The zero-order valence-corrected chi connectivity index (χ0v) is 8.57. The molecule has 0 aliphatic rings. The van der Waals surface area contributed by atoms with Gasteiger partial charge in [-0.3, -0.25) is 0 Å². The van der Waals surface area contributed by atoms with Gasteiger partial charge in [-0.25, -0.2) is 0 Å². The third-order valence-electron chi connectivity index (χ3n) is 2.24. The molecule has 78 valence electrons. The van der Waals surface area contributed by atoms with Crippen LogP contribution in [0.3, 0.4) is 0 Å². The lowest BCUT2D eigenvalue weighted by Gasteiger charge is -2.12. The van der Waals surface area contributed by atoms with E-state index in [0.717, 1.165) is 24.2 Å². The summed E-state index contributed by atoms with van der Waals surface area (Å²) in [5.74, 6) is 0.852. The van der Waals surface area contributed by atoms with Gasteiger partial charge in [-0.2, -0.15) is 0 Å². The molecule has 4 N–H and O–H groups in total. The molecule has 1 atom stereocenters. The number of nitrogens with two attached hydrogens (primary N) is 2. The van der Waals surface area contributed by atoms with Crippen LogP contribution in [0.15, 0.2) is 24.3 Å². The van der Waals surface area contributed by atoms with Crippen molar-refractivity contribution in [3.8, 4) is 5.75 Å². The molecular weight excluding hydrogens is 176 g/mol. The third kappa shape index (κ3) is 3.01. The van der Waals surface area contributed by atoms with Crippen molar-refractivity contribution in [3.05, 3.63) is 29.8 Å². The van der Waals surface area contributed by atoms with Crippen LogP contribution in [0.4, 0.5) is 0 Å². The topological polar surface area (TPSA) is 61.3 Å². The first-order valence-electron chi connectivity index (χ1n) is 4.87. The Kier molecular flexibility index (Phi) is 4.43. The molecule has 0 aliphatic carbocycles. The molecule has 3 heteroatoms. The molecule has 1 unspecified atom stereocenters. The molecule has 0 fully saturated rings. The molecule has 0 saturated carbocycles. The fraction of sp³-hybridized carbons (Fsp3) is 0.455. The van der Waals surface area contributed by atoms with E-state index >= 15 is 0 Å². The normalized spacial score (nSPS) is 12.5. The maximum Gasteiger partial charge on any atom is 0.119 e. The van der Waals surface area contributed by atoms with Gasteiger partial charge in [0.25, 0.3) is 0 Å². The third-order valence-corrected chi connectivity index (χ3v) is 2.24. The van der Waals surface area contributed by atoms with E-state index in [0.29, 0.717) is 6.54 Å². The van der Waals surface area contributed by atoms with Crippen molar-refractivity contribution < 1.29 is 4.74 Å². The van der Waals surface area contributed by atoms with E-state index in [1.807, 2.05) is 24.3 Å². The van der Waals surface area contributed by atoms with Crippen molar-refractivity contribution >= 4 is 0 Å². The van der Waals surface area contributed by atoms with Gasteiger partial charge >= 0.3 is 0 Å². The Morgan fingerprint density at radius 2 is 2.21 bits per heavy atom. The highest BCUT2D eigenvalue weighted by atomic mass is 16.5. The first kappa shape index (κ1) is 11.0. The molecule has 1 aromatic rings. The molecule has 0 bridgehead atoms. The lowest BCUT2D eigenvalue weighted by molar-refractivity contribution is 0.413. The fourth-order valence-electron chi connectivity index (χ4n) is 1.38. The maximum absolute atomic E-state index is 5.99. The molecule has 3 nitrogen and oxygen atoms in total. The van der Waals surface area contributed by atoms with Crippen LogP contribution in [0.1, 0.15) is 24.4 Å². The van der Waals surface area contributed by atoms with Crippen LogP contribution < -0.4 is 16.2 Å². The van der Waals surface area contributed by atoms with Gasteiger partial charge in [0.2, 0.25) is 0 Å². The Morgan fingerprint density at radius 3 is 2.86 bits per heavy atom. The Labute approximate surface area is 85.0 Å². The summed E-state index contributed by atoms with van der Waals surface area (Å²) in [5.41, 5.74) is 12.5. The summed E-state index contributed by atoms with van der Waals surface area (Å²) in [4.78, 5) is 0. The summed E-state index contributed by atoms with van der Waals surface area (Å²) in [6.07, 6.45) is 1.88. The largest absolute Gasteiger partial charge is 0.497 e. The molecule has 1 rings (SSSR count). The van der Waals surface area contributed by atoms with Crippen molar-refractivity contribution in [1.82, 2.24) is 0 Å². The Morgan fingerprint density at radius 1 is 1.43 bits per heavy atom. The highest BCUT2D eigenvalue weighted by Crippen LogP contribution is 2.20. The van der Waals surface area contributed by atoms with E-state index < -0.39 is 0 Å². The van der Waals surface area contributed by atoms with Crippen molar-refractivity contribution in [2.24, 2.45) is 11.5 Å². The van der Waals surface area contributed by atoms with Gasteiger partial charge < -0.3 is 16.2 Å². The van der Waals surface area contributed by atoms with Gasteiger partial charge in [-0.15, -0.1) is 0 Å². The number of benzene rings is 1. The second kappa shape index (κ2) is 5.62. The smallest absolute Gasteiger partial charge is 0.119 e. The van der Waals surface area contributed by atoms with Gasteiger partial charge in [0.15, 0.2) is 0 Å². The van der Waals surface area contributed by atoms with E-state index in [9.17, 15) is 0 Å². The van der Waals surface area contributed by atoms with Crippen LogP contribution in [0.5, 0.6) is 5.75 Å². The molecule has 0 spiro atoms. The van der Waals surface area contributed by atoms with Crippen LogP contribution in [0.2, 0.25) is 0 Å². The lowest BCUT2D eigenvalue weighted by Crippen LogP contribution is -2.12. The highest BCUT2D eigenvalue weighted by molar-refractivity contribution is 5.30. The Hall–Kier alpha value is -1.06. The van der Waals surface area contributed by atoms with Gasteiger partial charge in [0.1, 0.15) is 5.75 Å². The standard InChI is InChI=1S/C11H18N2O/c1-14-10-5-2-4-9(8-10)11(13)6-3-7-12/h2,4-5,8,11H,3,6-7,12-13H2,1H3. The summed E-state index contributed by atoms with van der Waals surface area (Å²) in [6, 6.07) is 7.93. The van der Waals surface area contributed by atoms with Crippen LogP contribution in [-0.4, -0.2) is 13.7 Å². The SMILES string of the molecule is COc1cccc(C(N)CCCN)c1. The first-order valence-corrected chi connectivity index (χ1v) is 4.87. The molecule has 0 aliphatic heterocycles. The summed E-state index contributed by atoms with van der Waals surface area (Å²) in [6.45, 7) is 0.692. The minimum absolute atomic E-state index is 0.0636. The number of hydrogen-bond donors (Lipinski definition) is 2. The molecule has 0 heterocycles. The van der Waals surface area contributed by atoms with Crippen molar-refractivity contribution in [3.63, 3.8) is 0 Å². The fourth-order valence-corrected chi connectivity index (χ4v) is 1.38. The summed E-state index contributed by atoms with van der Waals surface area (Å²) < 4.78 is 5.13. The quantitative estimate of drug-likeness (QED) is 0.745. The van der Waals surface area contributed by atoms with Crippen LogP contribution >= 0.6 is 0 Å². The number of hydrogen-bond acceptors (Lipinski definition) is 3. The molecule has 0 aromatic heterocycles. The van der Waals surface area contributed by atoms with Gasteiger partial charge in [-0.05, 0) is 37.1 Å². The van der Waals surface area contributed by atoms with Gasteiger partial charge in [0, 0.05) is 6.04 Å². The van der Waals surface area contributed by atoms with E-state index in [1.165, 1.54) is 0 Å². The second-order valence-electron chi connectivity index (χ2n) is 3.31. The highest BCUT2D eigenvalue weighted by Gasteiger charge is 2.05. The molecular formula is C11H18N2O. The van der Waals surface area contributed by atoms with Crippen LogP contribution in [0, 0.1) is 0 Å². The second-order valence-corrected chi connectivity index (χ2v) is 3.31. The van der Waals surface area contributed by atoms with Crippen molar-refractivity contribution in [2.45, 2.75) is 18.9 Å². The van der Waals surface area contributed by atoms with Crippen molar-refractivity contribution in [1.29, 1.82) is 0 Å². The minimum Gasteiger partial charge on any atom is -0.497 e. The molecule has 0 amide bonds. The van der Waals surface area contributed by atoms with E-state index in [1.54, 1.807) is 7.11 Å². The molecule has 0 saturated heterocycles. The zero-order valence-electron chi connectivity index (χ0n) is 8.57. The average Bonchev–Trinajstić information content (AvgIpc) is 2.26. The summed E-state index contributed by atoms with van der Waals surface area (Å²) in [5, 5.41) is 0. The van der Waals surface area contributed by atoms with Gasteiger partial charge in [-0.1, -0.05) is 12.1 Å². The summed E-state index contributed by atoms with van der Waals surface area (Å²) >= 11 is 0. The Bertz CT molecular complexity index is 276. The average molecular weight is 194 g/mol. The lowest BCUT2D eigenvalue weighted by atomic mass is 10.0. The number of methoxy groups -OCH3 is 1. The minimum atomic E-state index is 0.0636. The van der Waals surface area contributed by atoms with E-state index in [4.69, 9.17) is 16.2 Å².